The number of rotatable bonds is 7. The monoisotopic (exact) mass is 453 g/mol. The summed E-state index contributed by atoms with van der Waals surface area (Å²) in [5.41, 5.74) is 0.755. The third-order valence-corrected chi connectivity index (χ3v) is 6.33. The second-order valence-electron chi connectivity index (χ2n) is 6.09. The van der Waals surface area contributed by atoms with Crippen LogP contribution in [-0.4, -0.2) is 21.4 Å². The van der Waals surface area contributed by atoms with E-state index < -0.39 is 21.5 Å². The van der Waals surface area contributed by atoms with Gasteiger partial charge in [0.2, 0.25) is 0 Å². The van der Waals surface area contributed by atoms with Crippen LogP contribution in [0.2, 0.25) is 10.0 Å². The predicted molar refractivity (Wildman–Crippen MR) is 110 cm³/mol. The average molecular weight is 454 g/mol. The highest BCUT2D eigenvalue weighted by molar-refractivity contribution is 7.90. The fourth-order valence-electron chi connectivity index (χ4n) is 2.64. The van der Waals surface area contributed by atoms with Crippen molar-refractivity contribution in [2.24, 2.45) is 0 Å². The van der Waals surface area contributed by atoms with Crippen LogP contribution in [0.1, 0.15) is 21.9 Å². The summed E-state index contributed by atoms with van der Waals surface area (Å²) in [5, 5.41) is 3.49. The van der Waals surface area contributed by atoms with Gasteiger partial charge in [0.15, 0.2) is 15.6 Å². The number of carbonyl (C=O) groups is 1. The number of nitrogens with one attached hydrogen (secondary N) is 1. The topological polar surface area (TPSA) is 85.6 Å². The van der Waals surface area contributed by atoms with Gasteiger partial charge in [-0.15, -0.1) is 0 Å². The summed E-state index contributed by atoms with van der Waals surface area (Å²) >= 11 is 12.0. The first-order valence-electron chi connectivity index (χ1n) is 8.47. The van der Waals surface area contributed by atoms with Gasteiger partial charge in [-0.1, -0.05) is 41.4 Å². The molecule has 2 aromatic carbocycles. The number of amides is 1. The zero-order valence-electron chi connectivity index (χ0n) is 15.3. The lowest BCUT2D eigenvalue weighted by molar-refractivity contribution is 0.0921. The van der Waals surface area contributed by atoms with E-state index in [2.05, 4.69) is 5.32 Å². The van der Waals surface area contributed by atoms with Gasteiger partial charge < -0.3 is 14.5 Å². The van der Waals surface area contributed by atoms with Gasteiger partial charge in [0.05, 0.1) is 7.11 Å². The predicted octanol–water partition coefficient (Wildman–Crippen LogP) is 4.50. The van der Waals surface area contributed by atoms with Crippen molar-refractivity contribution in [3.63, 3.8) is 0 Å². The van der Waals surface area contributed by atoms with Crippen molar-refractivity contribution in [2.45, 2.75) is 17.2 Å². The molecule has 1 aromatic heterocycles. The summed E-state index contributed by atoms with van der Waals surface area (Å²) in [6.07, 6.45) is 0. The van der Waals surface area contributed by atoms with Crippen molar-refractivity contribution >= 4 is 38.9 Å². The Morgan fingerprint density at radius 2 is 1.86 bits per heavy atom. The Hall–Kier alpha value is -2.48. The third kappa shape index (κ3) is 5.12. The molecule has 0 saturated carbocycles. The molecule has 0 aliphatic rings. The summed E-state index contributed by atoms with van der Waals surface area (Å²) in [7, 11) is -2.43. The number of sulfone groups is 1. The van der Waals surface area contributed by atoms with Gasteiger partial charge in [-0.05, 0) is 42.0 Å². The molecule has 0 aliphatic carbocycles. The molecule has 29 heavy (non-hydrogen) atoms. The van der Waals surface area contributed by atoms with Crippen LogP contribution in [-0.2, 0) is 22.1 Å². The Morgan fingerprint density at radius 3 is 2.59 bits per heavy atom. The zero-order valence-corrected chi connectivity index (χ0v) is 17.6. The lowest BCUT2D eigenvalue weighted by Gasteiger charge is -2.09. The average Bonchev–Trinajstić information content (AvgIpc) is 3.15. The summed E-state index contributed by atoms with van der Waals surface area (Å²) < 4.78 is 36.0. The van der Waals surface area contributed by atoms with Crippen molar-refractivity contribution in [1.82, 2.24) is 5.32 Å². The van der Waals surface area contributed by atoms with Crippen molar-refractivity contribution in [3.8, 4) is 5.75 Å². The van der Waals surface area contributed by atoms with Gasteiger partial charge in [0.25, 0.3) is 5.91 Å². The zero-order chi connectivity index (χ0) is 21.0. The van der Waals surface area contributed by atoms with Crippen LogP contribution in [0.4, 0.5) is 0 Å². The molecule has 1 amide bonds. The number of hydrogen-bond donors (Lipinski definition) is 1. The molecular formula is C20H17Cl2NO5S. The van der Waals surface area contributed by atoms with E-state index >= 15 is 0 Å². The van der Waals surface area contributed by atoms with Crippen LogP contribution >= 0.6 is 23.2 Å². The minimum Gasteiger partial charge on any atom is -0.495 e. The smallest absolute Gasteiger partial charge is 0.287 e. The normalized spacial score (nSPS) is 11.3. The Kier molecular flexibility index (Phi) is 6.52. The quantitative estimate of drug-likeness (QED) is 0.568. The molecular weight excluding hydrogens is 437 g/mol. The van der Waals surface area contributed by atoms with Crippen LogP contribution in [0, 0.1) is 0 Å². The van der Waals surface area contributed by atoms with Crippen LogP contribution in [0.15, 0.2) is 63.9 Å². The molecule has 0 radical (unpaired) electrons. The molecule has 0 atom stereocenters. The molecule has 6 nitrogen and oxygen atoms in total. The molecule has 3 aromatic rings. The van der Waals surface area contributed by atoms with Crippen LogP contribution in [0.3, 0.4) is 0 Å². The first-order valence-corrected chi connectivity index (χ1v) is 10.9. The summed E-state index contributed by atoms with van der Waals surface area (Å²) in [6, 6.07) is 14.3. The maximum absolute atomic E-state index is 12.7. The highest BCUT2D eigenvalue weighted by Crippen LogP contribution is 2.30. The third-order valence-electron chi connectivity index (χ3n) is 4.08. The molecule has 0 bridgehead atoms. The summed E-state index contributed by atoms with van der Waals surface area (Å²) in [6.45, 7) is 0.215. The van der Waals surface area contributed by atoms with Crippen LogP contribution < -0.4 is 10.1 Å². The molecule has 0 fully saturated rings. The summed E-state index contributed by atoms with van der Waals surface area (Å²) in [5.74, 6) is -0.621. The molecule has 3 rings (SSSR count). The first-order chi connectivity index (χ1) is 13.8. The molecule has 0 spiro atoms. The van der Waals surface area contributed by atoms with Crippen LogP contribution in [0.25, 0.3) is 0 Å². The number of ether oxygens (including phenoxy) is 1. The highest BCUT2D eigenvalue weighted by Gasteiger charge is 2.23. The van der Waals surface area contributed by atoms with E-state index in [9.17, 15) is 13.2 Å². The van der Waals surface area contributed by atoms with Crippen molar-refractivity contribution < 1.29 is 22.4 Å². The lowest BCUT2D eigenvalue weighted by Crippen LogP contribution is -2.22. The van der Waals surface area contributed by atoms with E-state index in [1.54, 1.807) is 18.2 Å². The minimum atomic E-state index is -3.80. The number of halogens is 2. The molecule has 0 unspecified atom stereocenters. The van der Waals surface area contributed by atoms with E-state index in [-0.39, 0.29) is 33.7 Å². The number of carbonyl (C=O) groups excluding carboxylic acids is 1. The van der Waals surface area contributed by atoms with Gasteiger partial charge >= 0.3 is 0 Å². The Bertz CT molecular complexity index is 1140. The van der Waals surface area contributed by atoms with Crippen LogP contribution in [0.5, 0.6) is 5.75 Å². The van der Waals surface area contributed by atoms with Gasteiger partial charge in [0, 0.05) is 16.6 Å². The Morgan fingerprint density at radius 1 is 1.10 bits per heavy atom. The van der Waals surface area contributed by atoms with Crippen molar-refractivity contribution in [1.29, 1.82) is 0 Å². The second kappa shape index (κ2) is 8.90. The molecule has 0 saturated heterocycles. The van der Waals surface area contributed by atoms with E-state index in [4.69, 9.17) is 32.4 Å². The largest absolute Gasteiger partial charge is 0.495 e. The lowest BCUT2D eigenvalue weighted by atomic mass is 10.2. The molecule has 152 valence electrons. The standard InChI is InChI=1S/C20H17Cl2NO5S/c1-27-17-8-6-14(21)10-19(17)29(25,26)12-15-7-9-18(28-15)20(24)23-11-13-4-2-3-5-16(13)22/h2-10H,11-12H2,1H3,(H,23,24). The Labute approximate surface area is 178 Å². The minimum absolute atomic E-state index is 0.000289. The Balaban J connectivity index is 1.72. The molecule has 1 N–H and O–H groups in total. The highest BCUT2D eigenvalue weighted by atomic mass is 35.5. The van der Waals surface area contributed by atoms with Gasteiger partial charge in [-0.3, -0.25) is 4.79 Å². The summed E-state index contributed by atoms with van der Waals surface area (Å²) in [4.78, 5) is 12.2. The van der Waals surface area contributed by atoms with E-state index in [1.807, 2.05) is 6.07 Å². The number of methoxy groups -OCH3 is 1. The van der Waals surface area contributed by atoms with Gasteiger partial charge in [-0.25, -0.2) is 8.42 Å². The number of benzene rings is 2. The SMILES string of the molecule is COc1ccc(Cl)cc1S(=O)(=O)Cc1ccc(C(=O)NCc2ccccc2Cl)o1. The van der Waals surface area contributed by atoms with Gasteiger partial charge in [0.1, 0.15) is 22.2 Å². The van der Waals surface area contributed by atoms with E-state index in [0.29, 0.717) is 5.02 Å². The van der Waals surface area contributed by atoms with E-state index in [1.165, 1.54) is 37.4 Å². The number of hydrogen-bond acceptors (Lipinski definition) is 5. The molecule has 9 heteroatoms. The number of furan rings is 1. The molecule has 1 heterocycles. The second-order valence-corrected chi connectivity index (χ2v) is 8.90. The first kappa shape index (κ1) is 21.2. The maximum atomic E-state index is 12.7. The fourth-order valence-corrected chi connectivity index (χ4v) is 4.53. The fraction of sp³-hybridized carbons (Fsp3) is 0.150. The maximum Gasteiger partial charge on any atom is 0.287 e. The molecule has 0 aliphatic heterocycles. The van der Waals surface area contributed by atoms with Crippen molar-refractivity contribution in [3.05, 3.63) is 81.7 Å². The van der Waals surface area contributed by atoms with Gasteiger partial charge in [-0.2, -0.15) is 0 Å². The van der Waals surface area contributed by atoms with Crippen molar-refractivity contribution in [2.75, 3.05) is 7.11 Å². The van der Waals surface area contributed by atoms with E-state index in [0.717, 1.165) is 5.56 Å².